The van der Waals surface area contributed by atoms with Crippen molar-refractivity contribution in [1.82, 2.24) is 14.5 Å². The fourth-order valence-corrected chi connectivity index (χ4v) is 3.02. The minimum absolute atomic E-state index is 0.606. The summed E-state index contributed by atoms with van der Waals surface area (Å²) in [5.74, 6) is 2.61. The third-order valence-corrected chi connectivity index (χ3v) is 4.35. The number of nitrogen functional groups attached to an aromatic ring is 1. The molecular weight excluding hydrogens is 300 g/mol. The van der Waals surface area contributed by atoms with Crippen LogP contribution in [0.3, 0.4) is 0 Å². The van der Waals surface area contributed by atoms with Gasteiger partial charge in [-0.15, -0.1) is 0 Å². The van der Waals surface area contributed by atoms with Crippen LogP contribution in [0.2, 0.25) is 0 Å². The van der Waals surface area contributed by atoms with Crippen LogP contribution < -0.4 is 10.5 Å². The largest absolute Gasteiger partial charge is 0.493 e. The lowest BCUT2D eigenvalue weighted by Gasteiger charge is -2.10. The summed E-state index contributed by atoms with van der Waals surface area (Å²) in [6, 6.07) is 9.68. The predicted molar refractivity (Wildman–Crippen MR) is 95.2 cm³/mol. The highest BCUT2D eigenvalue weighted by Crippen LogP contribution is 2.40. The van der Waals surface area contributed by atoms with Crippen molar-refractivity contribution in [2.24, 2.45) is 0 Å². The molecule has 2 heterocycles. The summed E-state index contributed by atoms with van der Waals surface area (Å²) < 4.78 is 8.07. The van der Waals surface area contributed by atoms with Crippen LogP contribution in [0.4, 0.5) is 5.69 Å². The monoisotopic (exact) mass is 322 g/mol. The summed E-state index contributed by atoms with van der Waals surface area (Å²) in [4.78, 5) is 9.43. The molecule has 3 aromatic rings. The molecule has 24 heavy (non-hydrogen) atoms. The van der Waals surface area contributed by atoms with E-state index in [4.69, 9.17) is 15.5 Å². The highest BCUT2D eigenvalue weighted by atomic mass is 16.5. The van der Waals surface area contributed by atoms with Crippen molar-refractivity contribution in [3.05, 3.63) is 47.9 Å². The van der Waals surface area contributed by atoms with Crippen molar-refractivity contribution >= 4 is 16.9 Å². The fourth-order valence-electron chi connectivity index (χ4n) is 3.02. The summed E-state index contributed by atoms with van der Waals surface area (Å²) in [6.45, 7) is 3.58. The second kappa shape index (κ2) is 6.15. The number of aryl methyl sites for hydroxylation is 2. The van der Waals surface area contributed by atoms with E-state index in [1.807, 2.05) is 30.5 Å². The molecule has 0 radical (unpaired) electrons. The maximum Gasteiger partial charge on any atom is 0.160 e. The van der Waals surface area contributed by atoms with Gasteiger partial charge in [0.2, 0.25) is 0 Å². The molecule has 0 atom stereocenters. The molecule has 2 N–H and O–H groups in total. The van der Waals surface area contributed by atoms with Gasteiger partial charge in [0.15, 0.2) is 5.65 Å². The van der Waals surface area contributed by atoms with E-state index < -0.39 is 0 Å². The van der Waals surface area contributed by atoms with Gasteiger partial charge in [0.1, 0.15) is 17.1 Å². The summed E-state index contributed by atoms with van der Waals surface area (Å²) in [6.07, 6.45) is 5.31. The smallest absolute Gasteiger partial charge is 0.160 e. The van der Waals surface area contributed by atoms with Gasteiger partial charge in [-0.05, 0) is 49.9 Å². The molecular formula is C19H22N4O. The number of pyridine rings is 1. The van der Waals surface area contributed by atoms with Crippen LogP contribution in [0.1, 0.15) is 36.6 Å². The summed E-state index contributed by atoms with van der Waals surface area (Å²) in [5, 5.41) is 0. The molecule has 1 aromatic carbocycles. The highest BCUT2D eigenvalue weighted by molar-refractivity contribution is 5.72. The number of anilines is 1. The van der Waals surface area contributed by atoms with Gasteiger partial charge in [-0.1, -0.05) is 6.07 Å². The Kier molecular flexibility index (Phi) is 3.84. The van der Waals surface area contributed by atoms with Crippen molar-refractivity contribution in [1.29, 1.82) is 0 Å². The molecule has 2 aromatic heterocycles. The van der Waals surface area contributed by atoms with Crippen LogP contribution in [-0.2, 0) is 6.54 Å². The molecule has 1 aliphatic carbocycles. The molecule has 1 fully saturated rings. The molecule has 1 aliphatic rings. The topological polar surface area (TPSA) is 66.0 Å². The van der Waals surface area contributed by atoms with Gasteiger partial charge in [0.05, 0.1) is 6.61 Å². The summed E-state index contributed by atoms with van der Waals surface area (Å²) >= 11 is 0. The van der Waals surface area contributed by atoms with E-state index >= 15 is 0 Å². The van der Waals surface area contributed by atoms with E-state index in [9.17, 15) is 0 Å². The Morgan fingerprint density at radius 3 is 2.96 bits per heavy atom. The molecule has 4 rings (SSSR count). The van der Waals surface area contributed by atoms with Crippen LogP contribution >= 0.6 is 0 Å². The molecule has 0 saturated heterocycles. The fraction of sp³-hybridized carbons (Fsp3) is 0.368. The Balaban J connectivity index is 1.46. The normalized spacial score (nSPS) is 14.2. The SMILES string of the molecule is Cc1cnc2c(c1)nc(C1CC1)n2CCCOc1cccc(N)c1. The van der Waals surface area contributed by atoms with Gasteiger partial charge in [-0.25, -0.2) is 9.97 Å². The third kappa shape index (κ3) is 3.07. The van der Waals surface area contributed by atoms with E-state index in [2.05, 4.69) is 22.5 Å². The Bertz CT molecular complexity index is 867. The van der Waals surface area contributed by atoms with E-state index in [0.29, 0.717) is 12.5 Å². The number of nitrogens with zero attached hydrogens (tertiary/aromatic N) is 3. The second-order valence-electron chi connectivity index (χ2n) is 6.53. The van der Waals surface area contributed by atoms with Crippen molar-refractivity contribution in [3.8, 4) is 5.75 Å². The second-order valence-corrected chi connectivity index (χ2v) is 6.53. The number of rotatable bonds is 6. The summed E-state index contributed by atoms with van der Waals surface area (Å²) in [5.41, 5.74) is 9.65. The third-order valence-electron chi connectivity index (χ3n) is 4.35. The van der Waals surface area contributed by atoms with Crippen LogP contribution in [0.25, 0.3) is 11.2 Å². The Labute approximate surface area is 141 Å². The van der Waals surface area contributed by atoms with Crippen LogP contribution in [0.5, 0.6) is 5.75 Å². The molecule has 0 amide bonds. The van der Waals surface area contributed by atoms with Crippen molar-refractivity contribution in [2.45, 2.75) is 38.6 Å². The van der Waals surface area contributed by atoms with Gasteiger partial charge in [0.25, 0.3) is 0 Å². The van der Waals surface area contributed by atoms with E-state index in [1.54, 1.807) is 0 Å². The average Bonchev–Trinajstić information content (AvgIpc) is 3.34. The van der Waals surface area contributed by atoms with Gasteiger partial charge in [-0.3, -0.25) is 0 Å². The number of nitrogens with two attached hydrogens (primary N) is 1. The maximum absolute atomic E-state index is 5.80. The number of hydrogen-bond acceptors (Lipinski definition) is 4. The number of fused-ring (bicyclic) bond motifs is 1. The molecule has 1 saturated carbocycles. The Morgan fingerprint density at radius 1 is 1.29 bits per heavy atom. The first-order chi connectivity index (χ1) is 11.7. The molecule has 0 aliphatic heterocycles. The van der Waals surface area contributed by atoms with Crippen molar-refractivity contribution in [2.75, 3.05) is 12.3 Å². The standard InChI is InChI=1S/C19H22N4O/c1-13-10-17-19(21-12-13)23(18(22-17)14-6-7-14)8-3-9-24-16-5-2-4-15(20)11-16/h2,4-5,10-12,14H,3,6-9,20H2,1H3. The van der Waals surface area contributed by atoms with Crippen LogP contribution in [0, 0.1) is 6.92 Å². The molecule has 124 valence electrons. The van der Waals surface area contributed by atoms with Crippen LogP contribution in [0.15, 0.2) is 36.5 Å². The number of ether oxygens (including phenoxy) is 1. The van der Waals surface area contributed by atoms with Crippen LogP contribution in [-0.4, -0.2) is 21.1 Å². The van der Waals surface area contributed by atoms with E-state index in [1.165, 1.54) is 18.7 Å². The molecule has 0 bridgehead atoms. The van der Waals surface area contributed by atoms with E-state index in [0.717, 1.165) is 41.1 Å². The maximum atomic E-state index is 5.80. The average molecular weight is 322 g/mol. The first kappa shape index (κ1) is 15.0. The Morgan fingerprint density at radius 2 is 2.17 bits per heavy atom. The van der Waals surface area contributed by atoms with Crippen molar-refractivity contribution in [3.63, 3.8) is 0 Å². The minimum Gasteiger partial charge on any atom is -0.493 e. The number of benzene rings is 1. The first-order valence-corrected chi connectivity index (χ1v) is 8.52. The van der Waals surface area contributed by atoms with Gasteiger partial charge in [0, 0.05) is 30.4 Å². The lowest BCUT2D eigenvalue weighted by molar-refractivity contribution is 0.302. The number of hydrogen-bond donors (Lipinski definition) is 1. The van der Waals surface area contributed by atoms with Gasteiger partial charge >= 0.3 is 0 Å². The quantitative estimate of drug-likeness (QED) is 0.555. The van der Waals surface area contributed by atoms with Gasteiger partial charge < -0.3 is 15.0 Å². The van der Waals surface area contributed by atoms with E-state index in [-0.39, 0.29) is 0 Å². The molecule has 0 spiro atoms. The molecule has 5 heteroatoms. The zero-order valence-corrected chi connectivity index (χ0v) is 13.9. The van der Waals surface area contributed by atoms with Crippen molar-refractivity contribution < 1.29 is 4.74 Å². The Hall–Kier alpha value is -2.56. The number of aromatic nitrogens is 3. The van der Waals surface area contributed by atoms with Gasteiger partial charge in [-0.2, -0.15) is 0 Å². The number of imidazole rings is 1. The lowest BCUT2D eigenvalue weighted by Crippen LogP contribution is -2.08. The minimum atomic E-state index is 0.606. The lowest BCUT2D eigenvalue weighted by atomic mass is 10.3. The predicted octanol–water partition coefficient (Wildman–Crippen LogP) is 3.67. The molecule has 5 nitrogen and oxygen atoms in total. The zero-order chi connectivity index (χ0) is 16.5. The first-order valence-electron chi connectivity index (χ1n) is 8.52. The zero-order valence-electron chi connectivity index (χ0n) is 13.9. The summed E-state index contributed by atoms with van der Waals surface area (Å²) in [7, 11) is 0. The highest BCUT2D eigenvalue weighted by Gasteiger charge is 2.29. The molecule has 0 unspecified atom stereocenters.